The molecule has 0 amide bonds. The second-order valence-corrected chi connectivity index (χ2v) is 23.2. The van der Waals surface area contributed by atoms with Crippen LogP contribution in [0.15, 0.2) is 54.2 Å². The Morgan fingerprint density at radius 2 is 0.789 bits per heavy atom. The summed E-state index contributed by atoms with van der Waals surface area (Å²) in [5.74, 6) is 2.24. The van der Waals surface area contributed by atoms with Crippen molar-refractivity contribution in [2.75, 3.05) is 36.0 Å². The third kappa shape index (κ3) is 10.5. The van der Waals surface area contributed by atoms with Crippen LogP contribution in [0.5, 0.6) is 0 Å². The van der Waals surface area contributed by atoms with Crippen molar-refractivity contribution in [3.63, 3.8) is 0 Å². The van der Waals surface area contributed by atoms with E-state index < -0.39 is 21.7 Å². The summed E-state index contributed by atoms with van der Waals surface area (Å²) < 4.78 is 2.38. The highest BCUT2D eigenvalue weighted by atomic mass is 79.9. The first-order chi connectivity index (χ1) is 33.3. The molecule has 0 unspecified atom stereocenters. The van der Waals surface area contributed by atoms with Crippen molar-refractivity contribution in [1.82, 2.24) is 59.4 Å². The maximum Gasteiger partial charge on any atom is 0.171 e. The van der Waals surface area contributed by atoms with Crippen molar-refractivity contribution in [3.8, 4) is 5.82 Å². The number of carbonyl (C=O) groups excluding carboxylic acids is 4. The van der Waals surface area contributed by atoms with Crippen LogP contribution in [0.2, 0.25) is 0 Å². The number of anilines is 2. The first-order valence-electron chi connectivity index (χ1n) is 24.1. The molecule has 0 bridgehead atoms. The molecule has 372 valence electrons. The van der Waals surface area contributed by atoms with Crippen molar-refractivity contribution in [2.45, 2.75) is 109 Å². The van der Waals surface area contributed by atoms with Crippen molar-refractivity contribution in [3.05, 3.63) is 76.4 Å². The lowest BCUT2D eigenvalue weighted by Crippen LogP contribution is -2.21. The molecule has 0 saturated carbocycles. The lowest BCUT2D eigenvalue weighted by atomic mass is 9.87. The normalized spacial score (nSPS) is 14.5. The highest BCUT2D eigenvalue weighted by Gasteiger charge is 2.32. The van der Waals surface area contributed by atoms with E-state index in [1.165, 1.54) is 12.8 Å². The zero-order chi connectivity index (χ0) is 51.4. The topological polar surface area (TPSA) is 230 Å². The molecule has 8 aromatic rings. The summed E-state index contributed by atoms with van der Waals surface area (Å²) in [7, 11) is 0. The molecule has 0 radical (unpaired) electrons. The molecule has 0 aliphatic carbocycles. The van der Waals surface area contributed by atoms with E-state index in [2.05, 4.69) is 65.6 Å². The molecule has 2 saturated heterocycles. The predicted octanol–water partition coefficient (Wildman–Crippen LogP) is 10.5. The van der Waals surface area contributed by atoms with E-state index in [0.29, 0.717) is 77.3 Å². The van der Waals surface area contributed by atoms with Gasteiger partial charge in [0, 0.05) is 72.6 Å². The van der Waals surface area contributed by atoms with Crippen molar-refractivity contribution in [1.29, 1.82) is 0 Å². The van der Waals surface area contributed by atoms with Gasteiger partial charge in [0.25, 0.3) is 0 Å². The minimum absolute atomic E-state index is 0.0200. The molecule has 18 nitrogen and oxygen atoms in total. The Morgan fingerprint density at radius 1 is 0.451 bits per heavy atom. The molecule has 0 atom stereocenters. The molecule has 19 heteroatoms. The standard InChI is InChI=1S/C26H31N7O2.C15H20N4O.C11H12BrN3O/c1-25(2,3)21(34)15-11-27-23-19(15)31-18(13-28-23)33-14-16(22(35)26(4,5)6)20-24(33)29-12-17(30-20)32-9-7-8-10-32;1-15(2,3)13(20)10-8-16-14-12(10)18-11(9-17-14)19-6-4-5-7-19;1-11(2,3)9(16)6-4-13-10-8(6)15-7(12)5-14-10/h11-14H,7-10H2,1-6H3,(H,27,28);8-9H,4-7H2,1-3H3,(H,16,17);4-5H,1-3H3,(H,13,14). The Hall–Kier alpha value is -6.76. The average molecular weight is 1030 g/mol. The highest BCUT2D eigenvalue weighted by Crippen LogP contribution is 2.33. The summed E-state index contributed by atoms with van der Waals surface area (Å²) in [6.07, 6.45) is 18.2. The van der Waals surface area contributed by atoms with Crippen LogP contribution in [0.25, 0.3) is 50.5 Å². The monoisotopic (exact) mass is 1030 g/mol. The number of rotatable bonds is 7. The van der Waals surface area contributed by atoms with Gasteiger partial charge in [-0.25, -0.2) is 39.9 Å². The number of carbonyl (C=O) groups is 4. The van der Waals surface area contributed by atoms with Crippen LogP contribution in [-0.2, 0) is 0 Å². The largest absolute Gasteiger partial charge is 0.355 e. The summed E-state index contributed by atoms with van der Waals surface area (Å²) in [4.78, 5) is 101. The van der Waals surface area contributed by atoms with E-state index in [-0.39, 0.29) is 23.1 Å². The number of fused-ring (bicyclic) bond motifs is 4. The number of halogens is 1. The Kier molecular flexibility index (Phi) is 13.6. The fraction of sp³-hybridized carbons (Fsp3) is 0.462. The van der Waals surface area contributed by atoms with E-state index in [4.69, 9.17) is 15.0 Å². The minimum atomic E-state index is -0.590. The second kappa shape index (κ2) is 19.1. The maximum atomic E-state index is 13.4. The number of hydrogen-bond acceptors (Lipinski definition) is 14. The Labute approximate surface area is 420 Å². The van der Waals surface area contributed by atoms with E-state index in [1.54, 1.807) is 54.1 Å². The van der Waals surface area contributed by atoms with E-state index in [0.717, 1.165) is 50.7 Å². The van der Waals surface area contributed by atoms with Gasteiger partial charge in [0.2, 0.25) is 0 Å². The molecule has 3 N–H and O–H groups in total. The lowest BCUT2D eigenvalue weighted by molar-refractivity contribution is 0.0854. The quantitative estimate of drug-likeness (QED) is 0.126. The Morgan fingerprint density at radius 3 is 1.21 bits per heavy atom. The number of nitrogens with one attached hydrogen (secondary N) is 3. The molecule has 10 heterocycles. The molecule has 2 fully saturated rings. The van der Waals surface area contributed by atoms with Crippen molar-refractivity contribution >= 4 is 95.4 Å². The average Bonchev–Trinajstić information content (AvgIpc) is 4.18. The fourth-order valence-electron chi connectivity index (χ4n) is 8.41. The van der Waals surface area contributed by atoms with Gasteiger partial charge in [-0.2, -0.15) is 0 Å². The van der Waals surface area contributed by atoms with Crippen LogP contribution in [0.3, 0.4) is 0 Å². The van der Waals surface area contributed by atoms with Gasteiger partial charge in [-0.3, -0.25) is 23.7 Å². The number of hydrogen-bond donors (Lipinski definition) is 3. The number of Topliss-reactive ketones (excluding diaryl/α,β-unsaturated/α-hetero) is 4. The number of ketones is 4. The summed E-state index contributed by atoms with van der Waals surface area (Å²) in [6.45, 7) is 26.7. The van der Waals surface area contributed by atoms with Crippen LogP contribution >= 0.6 is 15.9 Å². The summed E-state index contributed by atoms with van der Waals surface area (Å²) in [5.41, 5.74) is 4.99. The third-order valence-electron chi connectivity index (χ3n) is 12.4. The fourth-order valence-corrected chi connectivity index (χ4v) is 8.68. The molecule has 71 heavy (non-hydrogen) atoms. The Balaban J connectivity index is 0.000000158. The van der Waals surface area contributed by atoms with Crippen LogP contribution in [0.1, 0.15) is 150 Å². The van der Waals surface area contributed by atoms with Crippen molar-refractivity contribution < 1.29 is 19.2 Å². The van der Waals surface area contributed by atoms with Crippen LogP contribution in [0, 0.1) is 21.7 Å². The van der Waals surface area contributed by atoms with Gasteiger partial charge >= 0.3 is 0 Å². The van der Waals surface area contributed by atoms with E-state index in [1.807, 2.05) is 83.1 Å². The predicted molar refractivity (Wildman–Crippen MR) is 280 cm³/mol. The first kappa shape index (κ1) is 50.6. The summed E-state index contributed by atoms with van der Waals surface area (Å²) >= 11 is 3.25. The molecule has 2 aliphatic heterocycles. The van der Waals surface area contributed by atoms with E-state index in [9.17, 15) is 19.2 Å². The number of aromatic nitrogens is 12. The third-order valence-corrected chi connectivity index (χ3v) is 12.8. The first-order valence-corrected chi connectivity index (χ1v) is 24.9. The summed E-state index contributed by atoms with van der Waals surface area (Å²) in [6, 6.07) is 0. The van der Waals surface area contributed by atoms with Gasteiger partial charge < -0.3 is 24.8 Å². The SMILES string of the molecule is CC(C)(C)C(=O)c1c[nH]c2ncc(-n3cc(C(=O)C(C)(C)C)c4nc(N5CCCC5)cnc43)nc12.CC(C)(C)C(=O)c1c[nH]c2ncc(Br)nc12.CC(C)(C)C(=O)c1c[nH]c2ncc(N3CCCC3)nc12. The molecule has 0 aromatic carbocycles. The molecule has 2 aliphatic rings. The number of aromatic amines is 3. The molecule has 0 spiro atoms. The smallest absolute Gasteiger partial charge is 0.171 e. The molecular formula is C52H63BrN14O4. The molecule has 10 rings (SSSR count). The Bertz CT molecular complexity index is 3320. The molecule has 8 aromatic heterocycles. The van der Waals surface area contributed by atoms with Gasteiger partial charge in [0.1, 0.15) is 38.3 Å². The number of nitrogens with zero attached hydrogens (tertiary/aromatic N) is 11. The van der Waals surface area contributed by atoms with Gasteiger partial charge in [-0.15, -0.1) is 0 Å². The van der Waals surface area contributed by atoms with Gasteiger partial charge in [-0.1, -0.05) is 83.1 Å². The van der Waals surface area contributed by atoms with Gasteiger partial charge in [0.15, 0.2) is 51.5 Å². The van der Waals surface area contributed by atoms with Crippen LogP contribution in [0.4, 0.5) is 11.6 Å². The van der Waals surface area contributed by atoms with Crippen molar-refractivity contribution in [2.24, 2.45) is 21.7 Å². The van der Waals surface area contributed by atoms with E-state index >= 15 is 0 Å². The van der Waals surface area contributed by atoms with Crippen LogP contribution in [-0.4, -0.2) is 109 Å². The number of H-pyrrole nitrogens is 3. The molecular weight excluding hydrogens is 965 g/mol. The second-order valence-electron chi connectivity index (χ2n) is 22.4. The lowest BCUT2D eigenvalue weighted by Gasteiger charge is -2.17. The van der Waals surface area contributed by atoms with Gasteiger partial charge in [0.05, 0.1) is 47.0 Å². The van der Waals surface area contributed by atoms with Crippen LogP contribution < -0.4 is 9.80 Å². The highest BCUT2D eigenvalue weighted by molar-refractivity contribution is 9.10. The van der Waals surface area contributed by atoms with Gasteiger partial charge in [-0.05, 0) is 41.6 Å². The minimum Gasteiger partial charge on any atom is -0.355 e. The zero-order valence-electron chi connectivity index (χ0n) is 42.7. The zero-order valence-corrected chi connectivity index (χ0v) is 44.3. The maximum absolute atomic E-state index is 13.4. The summed E-state index contributed by atoms with van der Waals surface area (Å²) in [5, 5.41) is 0.